The van der Waals surface area contributed by atoms with E-state index in [1.165, 1.54) is 11.3 Å². The number of carbonyl (C=O) groups excluding carboxylic acids is 1. The number of thiazole rings is 1. The minimum absolute atomic E-state index is 0.0811. The average Bonchev–Trinajstić information content (AvgIpc) is 3.19. The quantitative estimate of drug-likeness (QED) is 0.381. The van der Waals surface area contributed by atoms with Gasteiger partial charge in [-0.3, -0.25) is 9.36 Å². The highest BCUT2D eigenvalue weighted by Gasteiger charge is 2.35. The van der Waals surface area contributed by atoms with Gasteiger partial charge < -0.3 is 14.4 Å². The molecule has 0 N–H and O–H groups in total. The molecule has 1 aliphatic rings. The number of ether oxygens (including phenoxy) is 2. The van der Waals surface area contributed by atoms with Crippen LogP contribution in [0.3, 0.4) is 0 Å². The van der Waals surface area contributed by atoms with Gasteiger partial charge in [0.25, 0.3) is 5.56 Å². The molecule has 0 aliphatic carbocycles. The molecule has 1 aromatic heterocycles. The van der Waals surface area contributed by atoms with Crippen molar-refractivity contribution in [3.8, 4) is 5.75 Å². The fourth-order valence-electron chi connectivity index (χ4n) is 4.67. The number of aromatic nitrogens is 1. The second kappa shape index (κ2) is 11.8. The lowest BCUT2D eigenvalue weighted by Crippen LogP contribution is -2.40. The van der Waals surface area contributed by atoms with Gasteiger partial charge in [-0.15, -0.1) is 0 Å². The molecular weight excluding hydrogens is 498 g/mol. The van der Waals surface area contributed by atoms with Crippen LogP contribution in [0.15, 0.2) is 69.6 Å². The molecule has 0 saturated heterocycles. The van der Waals surface area contributed by atoms with Crippen molar-refractivity contribution in [3.05, 3.63) is 90.6 Å². The van der Waals surface area contributed by atoms with E-state index in [2.05, 4.69) is 35.9 Å². The Balaban J connectivity index is 1.89. The lowest BCUT2D eigenvalue weighted by Gasteiger charge is -2.26. The van der Waals surface area contributed by atoms with Gasteiger partial charge in [-0.05, 0) is 71.4 Å². The molecule has 1 aliphatic heterocycles. The third kappa shape index (κ3) is 5.45. The Kier molecular flexibility index (Phi) is 8.52. The topological polar surface area (TPSA) is 73.1 Å². The van der Waals surface area contributed by atoms with Gasteiger partial charge in [0, 0.05) is 24.3 Å². The molecule has 200 valence electrons. The van der Waals surface area contributed by atoms with Gasteiger partial charge in [0.05, 0.1) is 28.5 Å². The molecule has 0 bridgehead atoms. The zero-order valence-corrected chi connectivity index (χ0v) is 23.7. The van der Waals surface area contributed by atoms with E-state index in [0.717, 1.165) is 29.9 Å². The number of carbonyl (C=O) groups is 1. The predicted octanol–water partition coefficient (Wildman–Crippen LogP) is 4.43. The Morgan fingerprint density at radius 1 is 1.11 bits per heavy atom. The number of allylic oxidation sites excluding steroid dienone is 1. The SMILES string of the molecule is CCOC(=O)C1=C(C)N=c2s/c(=C/c3ccc(N(CC)CC)cc3)c(=O)n2[C@@H]1c1ccccc1OC(C)C. The predicted molar refractivity (Wildman–Crippen MR) is 153 cm³/mol. The molecule has 0 radical (unpaired) electrons. The summed E-state index contributed by atoms with van der Waals surface area (Å²) < 4.78 is 13.7. The minimum atomic E-state index is -0.715. The smallest absolute Gasteiger partial charge is 0.338 e. The lowest BCUT2D eigenvalue weighted by atomic mass is 9.95. The molecule has 7 nitrogen and oxygen atoms in total. The summed E-state index contributed by atoms with van der Waals surface area (Å²) in [6, 6.07) is 15.0. The summed E-state index contributed by atoms with van der Waals surface area (Å²) >= 11 is 1.32. The van der Waals surface area contributed by atoms with Crippen molar-refractivity contribution in [2.24, 2.45) is 4.99 Å². The number of hydrogen-bond acceptors (Lipinski definition) is 7. The van der Waals surface area contributed by atoms with Crippen LogP contribution in [0.5, 0.6) is 5.75 Å². The maximum atomic E-state index is 13.9. The number of nitrogens with zero attached hydrogens (tertiary/aromatic N) is 3. The molecule has 38 heavy (non-hydrogen) atoms. The van der Waals surface area contributed by atoms with E-state index in [1.54, 1.807) is 18.4 Å². The molecule has 0 amide bonds. The molecule has 2 heterocycles. The van der Waals surface area contributed by atoms with Crippen molar-refractivity contribution in [2.45, 2.75) is 53.7 Å². The van der Waals surface area contributed by atoms with Crippen LogP contribution >= 0.6 is 11.3 Å². The number of para-hydroxylation sites is 1. The summed E-state index contributed by atoms with van der Waals surface area (Å²) in [7, 11) is 0. The Hall–Kier alpha value is -3.65. The molecule has 1 atom stereocenters. The second-order valence-electron chi connectivity index (χ2n) is 9.27. The van der Waals surface area contributed by atoms with Crippen molar-refractivity contribution in [1.29, 1.82) is 0 Å². The van der Waals surface area contributed by atoms with Gasteiger partial charge in [-0.1, -0.05) is 41.7 Å². The first-order valence-electron chi connectivity index (χ1n) is 13.1. The van der Waals surface area contributed by atoms with Crippen LogP contribution in [0.1, 0.15) is 58.7 Å². The van der Waals surface area contributed by atoms with Crippen LogP contribution in [0.25, 0.3) is 6.08 Å². The van der Waals surface area contributed by atoms with Crippen LogP contribution in [0.4, 0.5) is 5.69 Å². The molecular formula is C30H35N3O4S. The fourth-order valence-corrected chi connectivity index (χ4v) is 5.72. The molecule has 8 heteroatoms. The number of fused-ring (bicyclic) bond motifs is 1. The van der Waals surface area contributed by atoms with Crippen molar-refractivity contribution in [3.63, 3.8) is 0 Å². The summed E-state index contributed by atoms with van der Waals surface area (Å²) in [6.45, 7) is 13.8. The molecule has 0 saturated carbocycles. The molecule has 0 unspecified atom stereocenters. The first-order chi connectivity index (χ1) is 18.3. The highest BCUT2D eigenvalue weighted by Crippen LogP contribution is 2.36. The second-order valence-corrected chi connectivity index (χ2v) is 10.3. The Bertz CT molecular complexity index is 1510. The standard InChI is InChI=1S/C30H35N3O4S/c1-7-32(8-2)22-16-14-21(15-17-22)18-25-28(34)33-27(23-12-10-11-13-24(23)37-19(4)5)26(29(35)36-9-3)20(6)31-30(33)38-25/h10-19,27H,7-9H2,1-6H3/b25-18+/t27-/m1/s1. The lowest BCUT2D eigenvalue weighted by molar-refractivity contribution is -0.139. The van der Waals surface area contributed by atoms with E-state index >= 15 is 0 Å². The van der Waals surface area contributed by atoms with Gasteiger partial charge in [-0.2, -0.15) is 0 Å². The van der Waals surface area contributed by atoms with Crippen LogP contribution in [0, 0.1) is 0 Å². The highest BCUT2D eigenvalue weighted by molar-refractivity contribution is 7.07. The van der Waals surface area contributed by atoms with Crippen molar-refractivity contribution in [2.75, 3.05) is 24.6 Å². The first kappa shape index (κ1) is 27.4. The number of esters is 1. The van der Waals surface area contributed by atoms with Crippen LogP contribution in [-0.4, -0.2) is 36.3 Å². The molecule has 0 spiro atoms. The Labute approximate surface area is 227 Å². The highest BCUT2D eigenvalue weighted by atomic mass is 32.1. The zero-order valence-electron chi connectivity index (χ0n) is 22.9. The normalized spacial score (nSPS) is 15.3. The van der Waals surface area contributed by atoms with E-state index in [0.29, 0.717) is 26.4 Å². The van der Waals surface area contributed by atoms with E-state index in [9.17, 15) is 9.59 Å². The number of anilines is 1. The number of benzene rings is 2. The first-order valence-corrected chi connectivity index (χ1v) is 13.9. The maximum Gasteiger partial charge on any atom is 0.338 e. The van der Waals surface area contributed by atoms with Crippen molar-refractivity contribution >= 4 is 29.1 Å². The summed E-state index contributed by atoms with van der Waals surface area (Å²) in [5, 5.41) is 0. The molecule has 0 fully saturated rings. The Morgan fingerprint density at radius 2 is 1.79 bits per heavy atom. The van der Waals surface area contributed by atoms with E-state index in [4.69, 9.17) is 9.47 Å². The van der Waals surface area contributed by atoms with Gasteiger partial charge in [-0.25, -0.2) is 9.79 Å². The Morgan fingerprint density at radius 3 is 2.42 bits per heavy atom. The number of rotatable bonds is 9. The third-order valence-corrected chi connectivity index (χ3v) is 7.40. The zero-order chi connectivity index (χ0) is 27.4. The van der Waals surface area contributed by atoms with E-state index < -0.39 is 12.0 Å². The van der Waals surface area contributed by atoms with E-state index in [-0.39, 0.29) is 18.3 Å². The molecule has 2 aromatic carbocycles. The monoisotopic (exact) mass is 533 g/mol. The van der Waals surface area contributed by atoms with Crippen LogP contribution in [0.2, 0.25) is 0 Å². The minimum Gasteiger partial charge on any atom is -0.491 e. The fraction of sp³-hybridized carbons (Fsp3) is 0.367. The van der Waals surface area contributed by atoms with Crippen molar-refractivity contribution < 1.29 is 14.3 Å². The van der Waals surface area contributed by atoms with Crippen LogP contribution < -0.4 is 24.5 Å². The summed E-state index contributed by atoms with van der Waals surface area (Å²) in [6.07, 6.45) is 1.80. The molecule has 3 aromatic rings. The maximum absolute atomic E-state index is 13.9. The summed E-state index contributed by atoms with van der Waals surface area (Å²) in [5.41, 5.74) is 3.45. The van der Waals surface area contributed by atoms with E-state index in [1.807, 2.05) is 56.3 Å². The molecule has 4 rings (SSSR count). The van der Waals surface area contributed by atoms with Gasteiger partial charge in [0.1, 0.15) is 11.8 Å². The van der Waals surface area contributed by atoms with Gasteiger partial charge in [0.15, 0.2) is 4.80 Å². The van der Waals surface area contributed by atoms with Crippen LogP contribution in [-0.2, 0) is 9.53 Å². The van der Waals surface area contributed by atoms with Gasteiger partial charge >= 0.3 is 5.97 Å². The van der Waals surface area contributed by atoms with Crippen molar-refractivity contribution in [1.82, 2.24) is 4.57 Å². The largest absolute Gasteiger partial charge is 0.491 e. The summed E-state index contributed by atoms with van der Waals surface area (Å²) in [5.74, 6) is 0.130. The average molecular weight is 534 g/mol. The van der Waals surface area contributed by atoms with Gasteiger partial charge in [0.2, 0.25) is 0 Å². The third-order valence-electron chi connectivity index (χ3n) is 6.41. The summed E-state index contributed by atoms with van der Waals surface area (Å²) in [4.78, 5) is 34.6. The number of hydrogen-bond donors (Lipinski definition) is 0.